The molecule has 3 nitrogen and oxygen atoms in total. The highest BCUT2D eigenvalue weighted by Gasteiger charge is 2.01. The number of phenols is 2. The largest absolute Gasteiger partial charge is 0.507 e. The van der Waals surface area contributed by atoms with Crippen molar-refractivity contribution in [3.63, 3.8) is 0 Å². The molecule has 0 aromatic heterocycles. The zero-order chi connectivity index (χ0) is 9.68. The minimum atomic E-state index is 0.0771. The minimum absolute atomic E-state index is 0.0771. The molecule has 1 rings (SSSR count). The van der Waals surface area contributed by atoms with E-state index in [4.69, 9.17) is 5.73 Å². The summed E-state index contributed by atoms with van der Waals surface area (Å²) < 4.78 is 0. The van der Waals surface area contributed by atoms with Gasteiger partial charge >= 0.3 is 0 Å². The third-order valence-electron chi connectivity index (χ3n) is 1.68. The maximum Gasteiger partial charge on any atom is 0.126 e. The first-order valence-corrected chi connectivity index (χ1v) is 4.13. The van der Waals surface area contributed by atoms with Gasteiger partial charge in [-0.1, -0.05) is 18.2 Å². The highest BCUT2D eigenvalue weighted by atomic mass is 16.3. The van der Waals surface area contributed by atoms with E-state index in [1.807, 2.05) is 6.08 Å². The first-order chi connectivity index (χ1) is 6.25. The van der Waals surface area contributed by atoms with E-state index in [0.717, 1.165) is 6.42 Å². The van der Waals surface area contributed by atoms with Crippen LogP contribution in [0.4, 0.5) is 0 Å². The van der Waals surface area contributed by atoms with Crippen molar-refractivity contribution in [3.05, 3.63) is 29.8 Å². The van der Waals surface area contributed by atoms with Crippen LogP contribution in [0.2, 0.25) is 0 Å². The van der Waals surface area contributed by atoms with Crippen molar-refractivity contribution >= 4 is 6.08 Å². The predicted molar refractivity (Wildman–Crippen MR) is 52.5 cm³/mol. The summed E-state index contributed by atoms with van der Waals surface area (Å²) in [6.07, 6.45) is 4.21. The van der Waals surface area contributed by atoms with Gasteiger partial charge in [-0.05, 0) is 25.1 Å². The fraction of sp³-hybridized carbons (Fsp3) is 0.200. The smallest absolute Gasteiger partial charge is 0.126 e. The van der Waals surface area contributed by atoms with Crippen LogP contribution in [0.3, 0.4) is 0 Å². The maximum absolute atomic E-state index is 9.35. The van der Waals surface area contributed by atoms with Gasteiger partial charge in [0, 0.05) is 0 Å². The molecule has 0 amide bonds. The Labute approximate surface area is 77.1 Å². The fourth-order valence-corrected chi connectivity index (χ4v) is 1.01. The number of nitrogens with two attached hydrogens (primary N) is 1. The Morgan fingerprint density at radius 3 is 2.38 bits per heavy atom. The second-order valence-electron chi connectivity index (χ2n) is 2.69. The molecule has 0 atom stereocenters. The highest BCUT2D eigenvalue weighted by Crippen LogP contribution is 2.27. The summed E-state index contributed by atoms with van der Waals surface area (Å²) in [7, 11) is 0. The van der Waals surface area contributed by atoms with Gasteiger partial charge in [-0.2, -0.15) is 0 Å². The lowest BCUT2D eigenvalue weighted by Gasteiger charge is -2.00. The number of rotatable bonds is 3. The Bertz CT molecular complexity index is 288. The molecule has 0 saturated heterocycles. The second kappa shape index (κ2) is 4.52. The molecular weight excluding hydrogens is 166 g/mol. The third-order valence-corrected chi connectivity index (χ3v) is 1.68. The minimum Gasteiger partial charge on any atom is -0.507 e. The summed E-state index contributed by atoms with van der Waals surface area (Å²) >= 11 is 0. The van der Waals surface area contributed by atoms with Gasteiger partial charge in [0.1, 0.15) is 11.5 Å². The van der Waals surface area contributed by atoms with Crippen LogP contribution >= 0.6 is 0 Å². The fourth-order valence-electron chi connectivity index (χ4n) is 1.01. The molecule has 13 heavy (non-hydrogen) atoms. The van der Waals surface area contributed by atoms with Crippen LogP contribution in [0.1, 0.15) is 12.0 Å². The molecule has 3 heteroatoms. The lowest BCUT2D eigenvalue weighted by atomic mass is 10.1. The monoisotopic (exact) mass is 179 g/mol. The SMILES string of the molecule is NCCC=Cc1c(O)cccc1O. The number of hydrogen-bond donors (Lipinski definition) is 3. The average molecular weight is 179 g/mol. The lowest BCUT2D eigenvalue weighted by Crippen LogP contribution is -1.94. The van der Waals surface area contributed by atoms with E-state index in [-0.39, 0.29) is 11.5 Å². The van der Waals surface area contributed by atoms with Gasteiger partial charge in [0.15, 0.2) is 0 Å². The summed E-state index contributed by atoms with van der Waals surface area (Å²) in [5, 5.41) is 18.7. The second-order valence-corrected chi connectivity index (χ2v) is 2.69. The van der Waals surface area contributed by atoms with Crippen molar-refractivity contribution < 1.29 is 10.2 Å². The summed E-state index contributed by atoms with van der Waals surface area (Å²) in [4.78, 5) is 0. The number of phenolic OH excluding ortho intramolecular Hbond substituents is 2. The molecule has 4 N–H and O–H groups in total. The van der Waals surface area contributed by atoms with Crippen LogP contribution in [0, 0.1) is 0 Å². The third kappa shape index (κ3) is 2.49. The molecule has 0 heterocycles. The van der Waals surface area contributed by atoms with Gasteiger partial charge in [-0.3, -0.25) is 0 Å². The molecule has 70 valence electrons. The van der Waals surface area contributed by atoms with Gasteiger partial charge in [-0.15, -0.1) is 0 Å². The van der Waals surface area contributed by atoms with Crippen molar-refractivity contribution in [2.24, 2.45) is 5.73 Å². The van der Waals surface area contributed by atoms with Crippen LogP contribution < -0.4 is 5.73 Å². The van der Waals surface area contributed by atoms with E-state index < -0.39 is 0 Å². The van der Waals surface area contributed by atoms with E-state index >= 15 is 0 Å². The average Bonchev–Trinajstić information content (AvgIpc) is 2.10. The van der Waals surface area contributed by atoms with E-state index in [0.29, 0.717) is 12.1 Å². The number of benzene rings is 1. The van der Waals surface area contributed by atoms with Crippen LogP contribution in [-0.4, -0.2) is 16.8 Å². The van der Waals surface area contributed by atoms with Gasteiger partial charge in [-0.25, -0.2) is 0 Å². The molecule has 0 saturated carbocycles. The van der Waals surface area contributed by atoms with Crippen LogP contribution in [-0.2, 0) is 0 Å². The van der Waals surface area contributed by atoms with E-state index in [1.54, 1.807) is 12.1 Å². The molecule has 0 fully saturated rings. The van der Waals surface area contributed by atoms with Crippen molar-refractivity contribution in [2.45, 2.75) is 6.42 Å². The lowest BCUT2D eigenvalue weighted by molar-refractivity contribution is 0.448. The number of aromatic hydroxyl groups is 2. The highest BCUT2D eigenvalue weighted by molar-refractivity contribution is 5.63. The van der Waals surface area contributed by atoms with E-state index in [9.17, 15) is 10.2 Å². The normalized spacial score (nSPS) is 10.8. The Kier molecular flexibility index (Phi) is 3.34. The maximum atomic E-state index is 9.35. The Balaban J connectivity index is 2.87. The quantitative estimate of drug-likeness (QED) is 0.658. The van der Waals surface area contributed by atoms with Crippen LogP contribution in [0.25, 0.3) is 6.08 Å². The van der Waals surface area contributed by atoms with Crippen LogP contribution in [0.5, 0.6) is 11.5 Å². The molecule has 0 aliphatic carbocycles. The van der Waals surface area contributed by atoms with Crippen molar-refractivity contribution in [1.29, 1.82) is 0 Å². The molecule has 1 aromatic carbocycles. The van der Waals surface area contributed by atoms with Crippen molar-refractivity contribution in [3.8, 4) is 11.5 Å². The first kappa shape index (κ1) is 9.61. The molecule has 0 aliphatic heterocycles. The van der Waals surface area contributed by atoms with E-state index in [1.165, 1.54) is 12.1 Å². The van der Waals surface area contributed by atoms with Crippen molar-refractivity contribution in [1.82, 2.24) is 0 Å². The molecule has 0 radical (unpaired) electrons. The van der Waals surface area contributed by atoms with Gasteiger partial charge in [0.05, 0.1) is 5.56 Å². The van der Waals surface area contributed by atoms with Gasteiger partial charge in [0.2, 0.25) is 0 Å². The summed E-state index contributed by atoms with van der Waals surface area (Å²) in [6, 6.07) is 4.65. The summed E-state index contributed by atoms with van der Waals surface area (Å²) in [5.41, 5.74) is 5.73. The van der Waals surface area contributed by atoms with Gasteiger partial charge < -0.3 is 15.9 Å². The van der Waals surface area contributed by atoms with Gasteiger partial charge in [0.25, 0.3) is 0 Å². The predicted octanol–water partition coefficient (Wildman–Crippen LogP) is 1.46. The standard InChI is InChI=1S/C10H13NO2/c11-7-2-1-4-8-9(12)5-3-6-10(8)13/h1,3-6,12-13H,2,7,11H2. The molecule has 0 aliphatic rings. The summed E-state index contributed by atoms with van der Waals surface area (Å²) in [5.74, 6) is 0.154. The Morgan fingerprint density at radius 2 is 1.85 bits per heavy atom. The molecular formula is C10H13NO2. The Morgan fingerprint density at radius 1 is 1.23 bits per heavy atom. The molecule has 0 bridgehead atoms. The summed E-state index contributed by atoms with van der Waals surface area (Å²) in [6.45, 7) is 0.560. The molecule has 1 aromatic rings. The molecule has 0 unspecified atom stereocenters. The first-order valence-electron chi connectivity index (χ1n) is 4.13. The number of hydrogen-bond acceptors (Lipinski definition) is 3. The van der Waals surface area contributed by atoms with Crippen LogP contribution in [0.15, 0.2) is 24.3 Å². The zero-order valence-electron chi connectivity index (χ0n) is 7.27. The zero-order valence-corrected chi connectivity index (χ0v) is 7.27. The van der Waals surface area contributed by atoms with E-state index in [2.05, 4.69) is 0 Å². The Hall–Kier alpha value is -1.48. The van der Waals surface area contributed by atoms with Crippen molar-refractivity contribution in [2.75, 3.05) is 6.54 Å². The topological polar surface area (TPSA) is 66.5 Å². The molecule has 0 spiro atoms.